The van der Waals surface area contributed by atoms with Crippen LogP contribution in [0.2, 0.25) is 5.02 Å². The van der Waals surface area contributed by atoms with Crippen LogP contribution in [0.15, 0.2) is 65.6 Å². The van der Waals surface area contributed by atoms with Crippen LogP contribution in [0.25, 0.3) is 0 Å². The van der Waals surface area contributed by atoms with E-state index >= 15 is 0 Å². The number of benzene rings is 3. The Hall–Kier alpha value is -3.23. The van der Waals surface area contributed by atoms with Gasteiger partial charge in [0.2, 0.25) is 5.91 Å². The van der Waals surface area contributed by atoms with E-state index in [2.05, 4.69) is 5.32 Å². The number of carbonyl (C=O) groups is 1. The van der Waals surface area contributed by atoms with Gasteiger partial charge in [-0.15, -0.1) is 0 Å². The minimum atomic E-state index is -4.18. The van der Waals surface area contributed by atoms with Gasteiger partial charge in [-0.2, -0.15) is 0 Å². The molecule has 35 heavy (non-hydrogen) atoms. The summed E-state index contributed by atoms with van der Waals surface area (Å²) in [6.45, 7) is 4.98. The number of anilines is 1. The summed E-state index contributed by atoms with van der Waals surface area (Å²) in [7, 11) is -1.20. The Balaban J connectivity index is 1.96. The fourth-order valence-corrected chi connectivity index (χ4v) is 5.38. The van der Waals surface area contributed by atoms with Crippen molar-refractivity contribution in [2.45, 2.75) is 31.7 Å². The Morgan fingerprint density at radius 3 is 2.29 bits per heavy atom. The highest BCUT2D eigenvalue weighted by atomic mass is 35.5. The normalized spacial score (nSPS) is 12.1. The van der Waals surface area contributed by atoms with Crippen LogP contribution >= 0.6 is 11.6 Å². The van der Waals surface area contributed by atoms with Crippen LogP contribution in [0, 0.1) is 13.8 Å². The highest BCUT2D eigenvalue weighted by Gasteiger charge is 2.31. The molecule has 7 nitrogen and oxygen atoms in total. The van der Waals surface area contributed by atoms with E-state index in [0.717, 1.165) is 21.0 Å². The molecule has 0 aliphatic carbocycles. The van der Waals surface area contributed by atoms with E-state index in [4.69, 9.17) is 21.1 Å². The number of aryl methyl sites for hydroxylation is 2. The monoisotopic (exact) mass is 516 g/mol. The molecule has 3 aromatic carbocycles. The van der Waals surface area contributed by atoms with Gasteiger partial charge in [-0.05, 0) is 73.9 Å². The van der Waals surface area contributed by atoms with Gasteiger partial charge in [-0.25, -0.2) is 8.42 Å². The van der Waals surface area contributed by atoms with Gasteiger partial charge in [-0.3, -0.25) is 9.10 Å². The van der Waals surface area contributed by atoms with Crippen LogP contribution in [0.1, 0.15) is 29.7 Å². The summed E-state index contributed by atoms with van der Waals surface area (Å²) in [5, 5.41) is 3.27. The van der Waals surface area contributed by atoms with Gasteiger partial charge in [0.05, 0.1) is 25.9 Å². The maximum Gasteiger partial charge on any atom is 0.268 e. The van der Waals surface area contributed by atoms with Crippen molar-refractivity contribution in [2.24, 2.45) is 0 Å². The number of nitrogens with one attached hydrogen (secondary N) is 1. The zero-order valence-electron chi connectivity index (χ0n) is 20.3. The average molecular weight is 517 g/mol. The lowest BCUT2D eigenvalue weighted by Crippen LogP contribution is -2.41. The van der Waals surface area contributed by atoms with E-state index in [1.165, 1.54) is 19.2 Å². The first-order valence-electron chi connectivity index (χ1n) is 10.9. The Kier molecular flexibility index (Phi) is 8.30. The number of hydrogen-bond donors (Lipinski definition) is 1. The lowest BCUT2D eigenvalue weighted by Gasteiger charge is -2.26. The molecule has 1 amide bonds. The third-order valence-electron chi connectivity index (χ3n) is 5.61. The predicted molar refractivity (Wildman–Crippen MR) is 138 cm³/mol. The van der Waals surface area contributed by atoms with Gasteiger partial charge in [0, 0.05) is 5.02 Å². The van der Waals surface area contributed by atoms with Crippen molar-refractivity contribution < 1.29 is 22.7 Å². The van der Waals surface area contributed by atoms with Crippen LogP contribution < -0.4 is 19.1 Å². The molecule has 0 saturated carbocycles. The molecule has 0 saturated heterocycles. The fraction of sp³-hybridized carbons (Fsp3) is 0.269. The lowest BCUT2D eigenvalue weighted by atomic mass is 10.1. The molecule has 0 aliphatic rings. The van der Waals surface area contributed by atoms with Crippen LogP contribution in [0.3, 0.4) is 0 Å². The van der Waals surface area contributed by atoms with Gasteiger partial charge < -0.3 is 14.8 Å². The molecule has 0 spiro atoms. The van der Waals surface area contributed by atoms with E-state index in [-0.39, 0.29) is 22.4 Å². The minimum Gasteiger partial charge on any atom is -0.497 e. The first kappa shape index (κ1) is 26.4. The van der Waals surface area contributed by atoms with E-state index < -0.39 is 22.5 Å². The SMILES string of the molecule is COc1ccc(C(C)NC(=O)CN(c2ccc(C)c(Cl)c2)S(=O)(=O)c2cc(C)ccc2OC)cc1. The average Bonchev–Trinajstić information content (AvgIpc) is 2.84. The van der Waals surface area contributed by atoms with Crippen LogP contribution in [-0.4, -0.2) is 35.1 Å². The molecular formula is C26H29ClN2O5S. The molecule has 0 aliphatic heterocycles. The van der Waals surface area contributed by atoms with Crippen molar-refractivity contribution in [1.29, 1.82) is 0 Å². The Labute approximate surface area is 211 Å². The van der Waals surface area contributed by atoms with Gasteiger partial charge in [0.15, 0.2) is 0 Å². The number of ether oxygens (including phenoxy) is 2. The fourth-order valence-electron chi connectivity index (χ4n) is 3.55. The second-order valence-electron chi connectivity index (χ2n) is 8.16. The molecule has 0 aromatic heterocycles. The van der Waals surface area contributed by atoms with E-state index in [1.807, 2.05) is 26.0 Å². The predicted octanol–water partition coefficient (Wildman–Crippen LogP) is 5.05. The molecule has 0 fully saturated rings. The number of hydrogen-bond acceptors (Lipinski definition) is 5. The molecule has 3 aromatic rings. The largest absolute Gasteiger partial charge is 0.497 e. The van der Waals surface area contributed by atoms with Crippen molar-refractivity contribution in [2.75, 3.05) is 25.1 Å². The highest BCUT2D eigenvalue weighted by molar-refractivity contribution is 7.93. The second-order valence-corrected chi connectivity index (χ2v) is 10.4. The summed E-state index contributed by atoms with van der Waals surface area (Å²) < 4.78 is 39.2. The zero-order valence-corrected chi connectivity index (χ0v) is 21.9. The molecule has 1 unspecified atom stereocenters. The molecule has 1 atom stereocenters. The maximum atomic E-state index is 13.8. The van der Waals surface area contributed by atoms with Crippen molar-refractivity contribution >= 4 is 33.2 Å². The maximum absolute atomic E-state index is 13.8. The third-order valence-corrected chi connectivity index (χ3v) is 7.81. The number of methoxy groups -OCH3 is 2. The molecule has 0 radical (unpaired) electrons. The summed E-state index contributed by atoms with van der Waals surface area (Å²) in [6.07, 6.45) is 0. The summed E-state index contributed by atoms with van der Waals surface area (Å²) in [4.78, 5) is 13.0. The number of nitrogens with zero attached hydrogens (tertiary/aromatic N) is 1. The first-order chi connectivity index (χ1) is 16.6. The lowest BCUT2D eigenvalue weighted by molar-refractivity contribution is -0.120. The second kappa shape index (κ2) is 11.0. The summed E-state index contributed by atoms with van der Waals surface area (Å²) >= 11 is 6.31. The van der Waals surface area contributed by atoms with Gasteiger partial charge in [0.1, 0.15) is 22.9 Å². The molecule has 186 valence electrons. The molecule has 0 bridgehead atoms. The van der Waals surface area contributed by atoms with E-state index in [0.29, 0.717) is 10.8 Å². The van der Waals surface area contributed by atoms with Crippen LogP contribution in [-0.2, 0) is 14.8 Å². The molecular weight excluding hydrogens is 488 g/mol. The van der Waals surface area contributed by atoms with E-state index in [9.17, 15) is 13.2 Å². The summed E-state index contributed by atoms with van der Waals surface area (Å²) in [5.74, 6) is 0.416. The van der Waals surface area contributed by atoms with Crippen molar-refractivity contribution in [3.8, 4) is 11.5 Å². The number of rotatable bonds is 9. The first-order valence-corrected chi connectivity index (χ1v) is 12.8. The highest BCUT2D eigenvalue weighted by Crippen LogP contribution is 2.32. The number of sulfonamides is 1. The Morgan fingerprint density at radius 2 is 1.69 bits per heavy atom. The number of carbonyl (C=O) groups excluding carboxylic acids is 1. The standard InChI is InChI=1S/C26H29ClN2O5S/c1-17-6-13-24(34-5)25(14-17)35(31,32)29(21-10-7-18(2)23(27)15-21)16-26(30)28-19(3)20-8-11-22(33-4)12-9-20/h6-15,19H,16H2,1-5H3,(H,28,30). The topological polar surface area (TPSA) is 84.9 Å². The third kappa shape index (κ3) is 6.07. The van der Waals surface area contributed by atoms with E-state index in [1.54, 1.807) is 50.4 Å². The Bertz CT molecular complexity index is 1310. The summed E-state index contributed by atoms with van der Waals surface area (Å²) in [6, 6.07) is 16.7. The van der Waals surface area contributed by atoms with Gasteiger partial charge >= 0.3 is 0 Å². The zero-order chi connectivity index (χ0) is 25.8. The summed E-state index contributed by atoms with van der Waals surface area (Å²) in [5.41, 5.74) is 2.66. The molecule has 1 N–H and O–H groups in total. The van der Waals surface area contributed by atoms with Crippen LogP contribution in [0.4, 0.5) is 5.69 Å². The molecule has 0 heterocycles. The van der Waals surface area contributed by atoms with Crippen molar-refractivity contribution in [3.05, 3.63) is 82.4 Å². The van der Waals surface area contributed by atoms with Crippen LogP contribution in [0.5, 0.6) is 11.5 Å². The quantitative estimate of drug-likeness (QED) is 0.430. The molecule has 9 heteroatoms. The van der Waals surface area contributed by atoms with Crippen molar-refractivity contribution in [3.63, 3.8) is 0 Å². The van der Waals surface area contributed by atoms with Gasteiger partial charge in [-0.1, -0.05) is 35.9 Å². The smallest absolute Gasteiger partial charge is 0.268 e. The number of halogens is 1. The number of amides is 1. The van der Waals surface area contributed by atoms with Gasteiger partial charge in [0.25, 0.3) is 10.0 Å². The Morgan fingerprint density at radius 1 is 1.00 bits per heavy atom. The van der Waals surface area contributed by atoms with Crippen molar-refractivity contribution in [1.82, 2.24) is 5.32 Å². The molecule has 3 rings (SSSR count). The minimum absolute atomic E-state index is 0.0345.